The lowest BCUT2D eigenvalue weighted by Gasteiger charge is -2.07. The first-order chi connectivity index (χ1) is 17.6. The van der Waals surface area contributed by atoms with Gasteiger partial charge in [0.15, 0.2) is 0 Å². The van der Waals surface area contributed by atoms with Crippen LogP contribution in [0.4, 0.5) is 0 Å². The van der Waals surface area contributed by atoms with E-state index in [0.29, 0.717) is 49.5 Å². The molecule has 36 heavy (non-hydrogen) atoms. The quantitative estimate of drug-likeness (QED) is 0.262. The number of pyridine rings is 1. The van der Waals surface area contributed by atoms with Crippen LogP contribution in [0.3, 0.4) is 0 Å². The summed E-state index contributed by atoms with van der Waals surface area (Å²) in [5.41, 5.74) is 3.43. The summed E-state index contributed by atoms with van der Waals surface area (Å²) >= 11 is 0. The van der Waals surface area contributed by atoms with Crippen molar-refractivity contribution in [1.29, 1.82) is 0 Å². The molecular formula is C27H30N4O5. The summed E-state index contributed by atoms with van der Waals surface area (Å²) in [7, 11) is 0. The Morgan fingerprint density at radius 1 is 1.08 bits per heavy atom. The van der Waals surface area contributed by atoms with Crippen LogP contribution < -0.4 is 9.47 Å². The summed E-state index contributed by atoms with van der Waals surface area (Å²) in [6, 6.07) is 11.7. The summed E-state index contributed by atoms with van der Waals surface area (Å²) < 4.78 is 24.2. The van der Waals surface area contributed by atoms with Crippen molar-refractivity contribution < 1.29 is 23.4 Å². The Bertz CT molecular complexity index is 1280. The summed E-state index contributed by atoms with van der Waals surface area (Å²) in [5.74, 6) is 2.20. The molecule has 0 radical (unpaired) electrons. The zero-order chi connectivity index (χ0) is 25.3. The molecule has 1 aromatic carbocycles. The third-order valence-corrected chi connectivity index (χ3v) is 5.39. The molecule has 3 heterocycles. The normalized spacial score (nSPS) is 10.9. The van der Waals surface area contributed by atoms with Crippen LogP contribution in [0.15, 0.2) is 59.4 Å². The molecule has 0 saturated carbocycles. The molecule has 0 atom stereocenters. The highest BCUT2D eigenvalue weighted by Crippen LogP contribution is 2.23. The van der Waals surface area contributed by atoms with Gasteiger partial charge in [-0.25, -0.2) is 4.98 Å². The average molecular weight is 491 g/mol. The summed E-state index contributed by atoms with van der Waals surface area (Å²) in [6.07, 6.45) is 6.09. The number of nitrogens with zero attached hydrogens (tertiary/aromatic N) is 4. The Kier molecular flexibility index (Phi) is 8.33. The van der Waals surface area contributed by atoms with Crippen LogP contribution in [0, 0.1) is 6.92 Å². The van der Waals surface area contributed by atoms with E-state index in [9.17, 15) is 4.79 Å². The van der Waals surface area contributed by atoms with Crippen molar-refractivity contribution in [3.05, 3.63) is 77.6 Å². The molecule has 3 aromatic heterocycles. The molecule has 188 valence electrons. The van der Waals surface area contributed by atoms with Crippen molar-refractivity contribution in [2.24, 2.45) is 0 Å². The Morgan fingerprint density at radius 3 is 2.69 bits per heavy atom. The fourth-order valence-electron chi connectivity index (χ4n) is 3.66. The lowest BCUT2D eigenvalue weighted by Crippen LogP contribution is -2.05. The van der Waals surface area contributed by atoms with Crippen LogP contribution in [0.5, 0.6) is 11.6 Å². The van der Waals surface area contributed by atoms with Gasteiger partial charge in [0.25, 0.3) is 0 Å². The molecule has 0 aliphatic rings. The molecule has 4 aromatic rings. The van der Waals surface area contributed by atoms with E-state index < -0.39 is 0 Å². The number of aromatic nitrogens is 4. The molecule has 0 N–H and O–H groups in total. The van der Waals surface area contributed by atoms with Gasteiger partial charge in [-0.1, -0.05) is 18.2 Å². The topological polar surface area (TPSA) is 102 Å². The number of aryl methyl sites for hydroxylation is 2. The lowest BCUT2D eigenvalue weighted by atomic mass is 10.2. The molecular weight excluding hydrogens is 460 g/mol. The highest BCUT2D eigenvalue weighted by molar-refractivity contribution is 5.69. The van der Waals surface area contributed by atoms with E-state index in [0.717, 1.165) is 22.4 Å². The van der Waals surface area contributed by atoms with Crippen molar-refractivity contribution in [2.45, 2.75) is 46.8 Å². The molecule has 0 bridgehead atoms. The van der Waals surface area contributed by atoms with Gasteiger partial charge in [0, 0.05) is 29.9 Å². The second-order valence-electron chi connectivity index (χ2n) is 8.10. The van der Waals surface area contributed by atoms with E-state index in [-0.39, 0.29) is 19.0 Å². The Balaban J connectivity index is 1.40. The number of ether oxygens (including phenoxy) is 3. The van der Waals surface area contributed by atoms with Gasteiger partial charge in [0.2, 0.25) is 11.8 Å². The minimum atomic E-state index is -0.236. The molecule has 0 aliphatic heterocycles. The van der Waals surface area contributed by atoms with E-state index in [1.54, 1.807) is 24.0 Å². The fraction of sp³-hybridized carbons (Fsp3) is 0.333. The van der Waals surface area contributed by atoms with Crippen molar-refractivity contribution in [3.8, 4) is 23.1 Å². The molecule has 0 unspecified atom stereocenters. The lowest BCUT2D eigenvalue weighted by molar-refractivity contribution is -0.143. The summed E-state index contributed by atoms with van der Waals surface area (Å²) in [6.45, 7) is 7.17. The van der Waals surface area contributed by atoms with Crippen molar-refractivity contribution in [1.82, 2.24) is 19.7 Å². The minimum Gasteiger partial charge on any atom is -0.486 e. The molecule has 9 nitrogen and oxygen atoms in total. The first kappa shape index (κ1) is 25.0. The number of hydrogen-bond donors (Lipinski definition) is 0. The van der Waals surface area contributed by atoms with Crippen LogP contribution in [0.2, 0.25) is 0 Å². The van der Waals surface area contributed by atoms with Crippen LogP contribution in [-0.4, -0.2) is 38.9 Å². The van der Waals surface area contributed by atoms with E-state index in [1.807, 2.05) is 56.4 Å². The van der Waals surface area contributed by atoms with Crippen LogP contribution in [0.1, 0.15) is 42.8 Å². The number of oxazole rings is 1. The maximum atomic E-state index is 11.8. The minimum absolute atomic E-state index is 0.236. The molecule has 0 saturated heterocycles. The largest absolute Gasteiger partial charge is 0.486 e. The zero-order valence-electron chi connectivity index (χ0n) is 20.8. The second-order valence-corrected chi connectivity index (χ2v) is 8.10. The van der Waals surface area contributed by atoms with Crippen LogP contribution >= 0.6 is 0 Å². The molecule has 0 spiro atoms. The fourth-order valence-corrected chi connectivity index (χ4v) is 3.66. The predicted octanol–water partition coefficient (Wildman–Crippen LogP) is 4.76. The van der Waals surface area contributed by atoms with Gasteiger partial charge >= 0.3 is 5.97 Å². The highest BCUT2D eigenvalue weighted by Gasteiger charge is 2.14. The third kappa shape index (κ3) is 6.50. The molecule has 0 fully saturated rings. The average Bonchev–Trinajstić information content (AvgIpc) is 3.45. The zero-order valence-corrected chi connectivity index (χ0v) is 20.8. The Morgan fingerprint density at radius 2 is 1.92 bits per heavy atom. The number of hydrogen-bond acceptors (Lipinski definition) is 8. The standard InChI is InChI=1S/C27H30N4O5/c1-4-33-25(32)12-11-22-17-31(30-27(22)34-5-2)16-20-13-23(15-28-14-20)35-18-24-19(3)36-26(29-24)21-9-7-6-8-10-21/h6-10,13-15,17H,4-5,11-12,16,18H2,1-3H3. The SMILES string of the molecule is CCOC(=O)CCc1cn(Cc2cncc(OCc3nc(-c4ccccc4)oc3C)c2)nc1OCC. The predicted molar refractivity (Wildman–Crippen MR) is 133 cm³/mol. The second kappa shape index (κ2) is 12.0. The van der Waals surface area contributed by atoms with Gasteiger partial charge in [0.05, 0.1) is 26.0 Å². The highest BCUT2D eigenvalue weighted by atomic mass is 16.5. The van der Waals surface area contributed by atoms with Crippen molar-refractivity contribution in [3.63, 3.8) is 0 Å². The summed E-state index contributed by atoms with van der Waals surface area (Å²) in [4.78, 5) is 20.7. The third-order valence-electron chi connectivity index (χ3n) is 5.39. The van der Waals surface area contributed by atoms with E-state index in [1.165, 1.54) is 0 Å². The molecule has 4 rings (SSSR count). The monoisotopic (exact) mass is 490 g/mol. The number of carbonyl (C=O) groups is 1. The van der Waals surface area contributed by atoms with E-state index in [4.69, 9.17) is 18.6 Å². The van der Waals surface area contributed by atoms with Crippen molar-refractivity contribution in [2.75, 3.05) is 13.2 Å². The van der Waals surface area contributed by atoms with Gasteiger partial charge in [-0.3, -0.25) is 14.5 Å². The Labute approximate surface area is 210 Å². The maximum Gasteiger partial charge on any atom is 0.306 e. The summed E-state index contributed by atoms with van der Waals surface area (Å²) in [5, 5.41) is 4.54. The maximum absolute atomic E-state index is 11.8. The van der Waals surface area contributed by atoms with Crippen molar-refractivity contribution >= 4 is 5.97 Å². The number of carbonyl (C=O) groups excluding carboxylic acids is 1. The molecule has 9 heteroatoms. The van der Waals surface area contributed by atoms with E-state index >= 15 is 0 Å². The number of benzene rings is 1. The first-order valence-corrected chi connectivity index (χ1v) is 12.0. The van der Waals surface area contributed by atoms with Gasteiger partial charge in [-0.15, -0.1) is 5.10 Å². The number of rotatable bonds is 12. The van der Waals surface area contributed by atoms with Crippen LogP contribution in [0.25, 0.3) is 11.5 Å². The van der Waals surface area contributed by atoms with Gasteiger partial charge in [-0.05, 0) is 51.0 Å². The molecule has 0 aliphatic carbocycles. The smallest absolute Gasteiger partial charge is 0.306 e. The van der Waals surface area contributed by atoms with Crippen LogP contribution in [-0.2, 0) is 29.1 Å². The van der Waals surface area contributed by atoms with Gasteiger partial charge in [-0.2, -0.15) is 0 Å². The van der Waals surface area contributed by atoms with E-state index in [2.05, 4.69) is 15.1 Å². The van der Waals surface area contributed by atoms with Gasteiger partial charge in [0.1, 0.15) is 23.8 Å². The molecule has 0 amide bonds. The van der Waals surface area contributed by atoms with Gasteiger partial charge < -0.3 is 18.6 Å². The Hall–Kier alpha value is -4.14. The number of esters is 1. The first-order valence-electron chi connectivity index (χ1n) is 12.0.